The molecule has 0 heterocycles. The Morgan fingerprint density at radius 3 is 2.57 bits per heavy atom. The molecule has 5 nitrogen and oxygen atoms in total. The van der Waals surface area contributed by atoms with Gasteiger partial charge in [-0.2, -0.15) is 0 Å². The van der Waals surface area contributed by atoms with Crippen molar-refractivity contribution in [3.05, 3.63) is 12.2 Å². The fourth-order valence-corrected chi connectivity index (χ4v) is 7.92. The monoisotopic (exact) mass is 417 g/mol. The third-order valence-electron chi connectivity index (χ3n) is 9.60. The maximum absolute atomic E-state index is 11.9. The van der Waals surface area contributed by atoms with Crippen molar-refractivity contribution in [1.29, 1.82) is 0 Å². The minimum absolute atomic E-state index is 0.145. The van der Waals surface area contributed by atoms with Gasteiger partial charge in [-0.05, 0) is 93.8 Å². The fraction of sp³-hybridized carbons (Fsp3) is 0.880. The van der Waals surface area contributed by atoms with Gasteiger partial charge in [0.05, 0.1) is 11.2 Å². The molecule has 7 atom stereocenters. The van der Waals surface area contributed by atoms with Crippen LogP contribution in [0.25, 0.3) is 0 Å². The van der Waals surface area contributed by atoms with Crippen LogP contribution in [-0.2, 0) is 0 Å². The molecule has 170 valence electrons. The second-order valence-electron chi connectivity index (χ2n) is 11.0. The number of rotatable bonds is 5. The van der Waals surface area contributed by atoms with Crippen LogP contribution in [0.3, 0.4) is 0 Å². The molecule has 5 aliphatic carbocycles. The van der Waals surface area contributed by atoms with Crippen LogP contribution in [0.1, 0.15) is 77.6 Å². The summed E-state index contributed by atoms with van der Waals surface area (Å²) in [7, 11) is 1.67. The lowest BCUT2D eigenvalue weighted by Crippen LogP contribution is -2.47. The summed E-state index contributed by atoms with van der Waals surface area (Å²) in [5, 5.41) is 26.7. The molecule has 0 aromatic heterocycles. The highest BCUT2D eigenvalue weighted by atomic mass is 16.3. The lowest BCUT2D eigenvalue weighted by molar-refractivity contribution is -0.0854. The van der Waals surface area contributed by atoms with E-state index in [9.17, 15) is 10.2 Å². The van der Waals surface area contributed by atoms with Gasteiger partial charge in [-0.15, -0.1) is 0 Å². The molecule has 5 saturated carbocycles. The topological polar surface area (TPSA) is 90.9 Å². The zero-order valence-corrected chi connectivity index (χ0v) is 19.1. The molecule has 5 N–H and O–H groups in total. The maximum Gasteiger partial charge on any atom is 0.188 e. The Labute approximate surface area is 182 Å². The second kappa shape index (κ2) is 8.46. The molecule has 5 fully saturated rings. The highest BCUT2D eigenvalue weighted by molar-refractivity contribution is 5.77. The van der Waals surface area contributed by atoms with Gasteiger partial charge in [0.15, 0.2) is 5.96 Å². The quantitative estimate of drug-likeness (QED) is 0.312. The number of nitrogens with two attached hydrogens (primary N) is 1. The maximum atomic E-state index is 11.9. The standard InChI is InChI=1S/C25H43N3O2/c1-16(17-7-5-4-6-8-17)20-15-18-9-10-19(20)22-21(24(18,2)29)11-12-25(22,30)13-14-28-23(26)27-3/h17-22,29-30H,1,4-15H2,2-3H3,(H3,26,27,28). The third-order valence-corrected chi connectivity index (χ3v) is 9.60. The minimum Gasteiger partial charge on any atom is -0.390 e. The number of allylic oxidation sites excluding steroid dienone is 1. The van der Waals surface area contributed by atoms with Crippen LogP contribution in [0.15, 0.2) is 17.1 Å². The Kier molecular flexibility index (Phi) is 6.24. The van der Waals surface area contributed by atoms with E-state index in [0.717, 1.165) is 32.1 Å². The summed E-state index contributed by atoms with van der Waals surface area (Å²) in [5.41, 5.74) is 5.81. The van der Waals surface area contributed by atoms with Gasteiger partial charge in [-0.25, -0.2) is 0 Å². The summed E-state index contributed by atoms with van der Waals surface area (Å²) < 4.78 is 0. The lowest BCUT2D eigenvalue weighted by Gasteiger charge is -2.44. The number of aliphatic imine (C=N–C) groups is 1. The Morgan fingerprint density at radius 2 is 1.87 bits per heavy atom. The zero-order chi connectivity index (χ0) is 21.5. The summed E-state index contributed by atoms with van der Waals surface area (Å²) in [4.78, 5) is 3.97. The predicted octanol–water partition coefficient (Wildman–Crippen LogP) is 3.60. The number of fused-ring (bicyclic) bond motifs is 2. The average molecular weight is 418 g/mol. The number of hydrogen-bond donors (Lipinski definition) is 4. The van der Waals surface area contributed by atoms with Crippen molar-refractivity contribution in [1.82, 2.24) is 5.32 Å². The van der Waals surface area contributed by atoms with Gasteiger partial charge in [-0.1, -0.05) is 31.4 Å². The van der Waals surface area contributed by atoms with E-state index in [1.54, 1.807) is 7.05 Å². The average Bonchev–Trinajstić information content (AvgIpc) is 3.01. The van der Waals surface area contributed by atoms with Crippen LogP contribution in [0, 0.1) is 35.5 Å². The molecule has 5 rings (SSSR count). The summed E-state index contributed by atoms with van der Waals surface area (Å²) in [6, 6.07) is 0. The first-order chi connectivity index (χ1) is 14.3. The van der Waals surface area contributed by atoms with E-state index >= 15 is 0 Å². The van der Waals surface area contributed by atoms with E-state index < -0.39 is 11.2 Å². The minimum atomic E-state index is -0.745. The van der Waals surface area contributed by atoms with Gasteiger partial charge in [0.2, 0.25) is 0 Å². The number of guanidine groups is 1. The smallest absolute Gasteiger partial charge is 0.188 e. The molecule has 30 heavy (non-hydrogen) atoms. The van der Waals surface area contributed by atoms with Gasteiger partial charge < -0.3 is 21.3 Å². The van der Waals surface area contributed by atoms with Gasteiger partial charge in [0, 0.05) is 13.6 Å². The van der Waals surface area contributed by atoms with Gasteiger partial charge >= 0.3 is 0 Å². The van der Waals surface area contributed by atoms with Crippen LogP contribution >= 0.6 is 0 Å². The van der Waals surface area contributed by atoms with Crippen molar-refractivity contribution in [3.63, 3.8) is 0 Å². The Balaban J connectivity index is 1.59. The van der Waals surface area contributed by atoms with Crippen molar-refractivity contribution in [2.24, 2.45) is 46.2 Å². The Hall–Kier alpha value is -1.07. The van der Waals surface area contributed by atoms with Crippen molar-refractivity contribution in [3.8, 4) is 0 Å². The van der Waals surface area contributed by atoms with Gasteiger partial charge in [-0.3, -0.25) is 4.99 Å². The molecular weight excluding hydrogens is 374 g/mol. The molecule has 0 aromatic rings. The van der Waals surface area contributed by atoms with E-state index in [1.807, 2.05) is 0 Å². The summed E-state index contributed by atoms with van der Waals surface area (Å²) >= 11 is 0. The molecule has 0 saturated heterocycles. The van der Waals surface area contributed by atoms with E-state index in [-0.39, 0.29) is 11.8 Å². The fourth-order valence-electron chi connectivity index (χ4n) is 7.92. The number of nitrogens with zero attached hydrogens (tertiary/aromatic N) is 1. The summed E-state index contributed by atoms with van der Waals surface area (Å²) in [6.45, 7) is 7.35. The van der Waals surface area contributed by atoms with E-state index in [2.05, 4.69) is 23.8 Å². The normalized spacial score (nSPS) is 44.5. The molecule has 2 bridgehead atoms. The van der Waals surface area contributed by atoms with Crippen LogP contribution in [0.5, 0.6) is 0 Å². The second-order valence-corrected chi connectivity index (χ2v) is 11.0. The highest BCUT2D eigenvalue weighted by Gasteiger charge is 2.62. The Bertz CT molecular complexity index is 669. The molecule has 0 aliphatic heterocycles. The van der Waals surface area contributed by atoms with Crippen LogP contribution in [0.2, 0.25) is 0 Å². The van der Waals surface area contributed by atoms with E-state index in [0.29, 0.717) is 42.6 Å². The van der Waals surface area contributed by atoms with Crippen LogP contribution in [0.4, 0.5) is 0 Å². The largest absolute Gasteiger partial charge is 0.390 e. The van der Waals surface area contributed by atoms with E-state index in [1.165, 1.54) is 37.7 Å². The van der Waals surface area contributed by atoms with Gasteiger partial charge in [0.1, 0.15) is 0 Å². The SMILES string of the molecule is C=C(C1CCCCC1)C1CC2CCC1C1C(CCC1(O)CCNC(N)=NC)C2(C)O. The predicted molar refractivity (Wildman–Crippen MR) is 122 cm³/mol. The first-order valence-electron chi connectivity index (χ1n) is 12.4. The molecule has 0 spiro atoms. The highest BCUT2D eigenvalue weighted by Crippen LogP contribution is 2.63. The molecule has 5 aliphatic rings. The van der Waals surface area contributed by atoms with E-state index in [4.69, 9.17) is 5.73 Å². The molecule has 0 amide bonds. The van der Waals surface area contributed by atoms with Crippen molar-refractivity contribution >= 4 is 5.96 Å². The molecular formula is C25H43N3O2. The first-order valence-corrected chi connectivity index (χ1v) is 12.4. The van der Waals surface area contributed by atoms with Crippen molar-refractivity contribution in [2.75, 3.05) is 13.6 Å². The summed E-state index contributed by atoms with van der Waals surface area (Å²) in [6.07, 6.45) is 12.2. The van der Waals surface area contributed by atoms with Crippen molar-refractivity contribution < 1.29 is 10.2 Å². The Morgan fingerprint density at radius 1 is 1.13 bits per heavy atom. The van der Waals surface area contributed by atoms with Crippen LogP contribution < -0.4 is 11.1 Å². The lowest BCUT2D eigenvalue weighted by atomic mass is 9.62. The molecule has 0 radical (unpaired) electrons. The van der Waals surface area contributed by atoms with Crippen molar-refractivity contribution in [2.45, 2.75) is 88.8 Å². The number of nitrogens with one attached hydrogen (secondary N) is 1. The molecule has 5 heteroatoms. The summed E-state index contributed by atoms with van der Waals surface area (Å²) in [5.74, 6) is 2.62. The number of aliphatic hydroxyl groups is 2. The number of hydrogen-bond acceptors (Lipinski definition) is 3. The third kappa shape index (κ3) is 3.81. The molecule has 7 unspecified atom stereocenters. The first kappa shape index (κ1) is 22.1. The zero-order valence-electron chi connectivity index (χ0n) is 19.1. The van der Waals surface area contributed by atoms with Crippen LogP contribution in [-0.4, -0.2) is 41.0 Å². The molecule has 0 aromatic carbocycles. The van der Waals surface area contributed by atoms with Gasteiger partial charge in [0.25, 0.3) is 0 Å².